The molecule has 3 heterocycles. The second-order valence-corrected chi connectivity index (χ2v) is 11.8. The molecule has 5 rings (SSSR count). The number of thiocarbonyl (C=S) groups is 1. The van der Waals surface area contributed by atoms with Crippen molar-refractivity contribution in [1.82, 2.24) is 25.5 Å². The molecule has 0 bridgehead atoms. The Labute approximate surface area is 229 Å². The first-order valence-electron chi connectivity index (χ1n) is 12.4. The molecule has 2 aromatic heterocycles. The van der Waals surface area contributed by atoms with E-state index in [0.29, 0.717) is 42.8 Å². The van der Waals surface area contributed by atoms with E-state index in [0.717, 1.165) is 38.8 Å². The highest BCUT2D eigenvalue weighted by Gasteiger charge is 2.28. The number of amides is 2. The van der Waals surface area contributed by atoms with Gasteiger partial charge in [0, 0.05) is 54.2 Å². The number of para-hydroxylation sites is 1. The van der Waals surface area contributed by atoms with Crippen LogP contribution >= 0.6 is 35.3 Å². The maximum atomic E-state index is 13.2. The molecule has 11 heteroatoms. The van der Waals surface area contributed by atoms with Gasteiger partial charge in [-0.1, -0.05) is 36.1 Å². The van der Waals surface area contributed by atoms with Crippen molar-refractivity contribution in [3.05, 3.63) is 52.1 Å². The van der Waals surface area contributed by atoms with Gasteiger partial charge in [0.05, 0.1) is 17.6 Å². The van der Waals surface area contributed by atoms with Gasteiger partial charge in [-0.05, 0) is 37.8 Å². The van der Waals surface area contributed by atoms with Gasteiger partial charge in [0.15, 0.2) is 0 Å². The first kappa shape index (κ1) is 25.9. The summed E-state index contributed by atoms with van der Waals surface area (Å²) in [5.41, 5.74) is 1.59. The molecule has 0 atom stereocenters. The van der Waals surface area contributed by atoms with Crippen molar-refractivity contribution in [2.24, 2.45) is 0 Å². The molecular weight excluding hydrogens is 527 g/mol. The molecule has 2 fully saturated rings. The molecular formula is C26H29N5O3S3. The SMILES string of the molecule is COc1cc(C(=O)N2CCC(c3nc(C(=O)NCCSC(=S)NC4CC4)cs3)CC2)nc2ccccc12. The summed E-state index contributed by atoms with van der Waals surface area (Å²) in [5, 5.41) is 9.87. The van der Waals surface area contributed by atoms with E-state index in [1.54, 1.807) is 24.9 Å². The summed E-state index contributed by atoms with van der Waals surface area (Å²) < 4.78 is 6.30. The fourth-order valence-corrected chi connectivity index (χ4v) is 6.36. The summed E-state index contributed by atoms with van der Waals surface area (Å²) in [4.78, 5) is 36.7. The zero-order chi connectivity index (χ0) is 25.8. The number of hydrogen-bond donors (Lipinski definition) is 2. The minimum absolute atomic E-state index is 0.0913. The number of methoxy groups -OCH3 is 1. The van der Waals surface area contributed by atoms with Crippen molar-refractivity contribution in [1.29, 1.82) is 0 Å². The van der Waals surface area contributed by atoms with Crippen molar-refractivity contribution in [2.45, 2.75) is 37.6 Å². The second-order valence-electron chi connectivity index (χ2n) is 9.17. The number of rotatable bonds is 8. The van der Waals surface area contributed by atoms with E-state index in [4.69, 9.17) is 17.0 Å². The van der Waals surface area contributed by atoms with Gasteiger partial charge in [-0.25, -0.2) is 9.97 Å². The molecule has 37 heavy (non-hydrogen) atoms. The molecule has 0 radical (unpaired) electrons. The van der Waals surface area contributed by atoms with Crippen LogP contribution in [0.5, 0.6) is 5.75 Å². The van der Waals surface area contributed by atoms with Crippen molar-refractivity contribution in [2.75, 3.05) is 32.5 Å². The molecule has 2 aliphatic rings. The number of thioether (sulfide) groups is 1. The van der Waals surface area contributed by atoms with E-state index in [9.17, 15) is 9.59 Å². The van der Waals surface area contributed by atoms with Gasteiger partial charge < -0.3 is 20.3 Å². The van der Waals surface area contributed by atoms with E-state index >= 15 is 0 Å². The van der Waals surface area contributed by atoms with Crippen LogP contribution < -0.4 is 15.4 Å². The summed E-state index contributed by atoms with van der Waals surface area (Å²) in [6.45, 7) is 1.78. The summed E-state index contributed by atoms with van der Waals surface area (Å²) in [5.74, 6) is 1.36. The lowest BCUT2D eigenvalue weighted by Crippen LogP contribution is -2.38. The minimum Gasteiger partial charge on any atom is -0.496 e. The van der Waals surface area contributed by atoms with Gasteiger partial charge in [-0.15, -0.1) is 11.3 Å². The van der Waals surface area contributed by atoms with Gasteiger partial charge in [-0.3, -0.25) is 9.59 Å². The van der Waals surface area contributed by atoms with Crippen LogP contribution in [0.4, 0.5) is 0 Å². The molecule has 0 spiro atoms. The van der Waals surface area contributed by atoms with Gasteiger partial charge >= 0.3 is 0 Å². The maximum absolute atomic E-state index is 13.2. The summed E-state index contributed by atoms with van der Waals surface area (Å²) in [6.07, 6.45) is 3.98. The molecule has 8 nitrogen and oxygen atoms in total. The Morgan fingerprint density at radius 1 is 1.16 bits per heavy atom. The van der Waals surface area contributed by atoms with Crippen LogP contribution in [-0.2, 0) is 0 Å². The molecule has 1 aromatic carbocycles. The fourth-order valence-electron chi connectivity index (χ4n) is 4.33. The number of piperidine rings is 1. The lowest BCUT2D eigenvalue weighted by molar-refractivity contribution is 0.0707. The number of fused-ring (bicyclic) bond motifs is 1. The number of ether oxygens (including phenoxy) is 1. The van der Waals surface area contributed by atoms with Crippen molar-refractivity contribution in [3.8, 4) is 5.75 Å². The molecule has 1 saturated carbocycles. The van der Waals surface area contributed by atoms with Crippen LogP contribution in [0.3, 0.4) is 0 Å². The van der Waals surface area contributed by atoms with Gasteiger partial charge in [-0.2, -0.15) is 0 Å². The average molecular weight is 556 g/mol. The Kier molecular flexibility index (Phi) is 8.21. The molecule has 2 N–H and O–H groups in total. The number of nitrogens with zero attached hydrogens (tertiary/aromatic N) is 3. The number of benzene rings is 1. The van der Waals surface area contributed by atoms with Crippen LogP contribution in [-0.4, -0.2) is 69.5 Å². The normalized spacial score (nSPS) is 16.0. The summed E-state index contributed by atoms with van der Waals surface area (Å²) in [6, 6.07) is 9.92. The van der Waals surface area contributed by atoms with Gasteiger partial charge in [0.25, 0.3) is 11.8 Å². The van der Waals surface area contributed by atoms with E-state index in [2.05, 4.69) is 20.6 Å². The number of hydrogen-bond acceptors (Lipinski definition) is 8. The topological polar surface area (TPSA) is 96.5 Å². The third kappa shape index (κ3) is 6.39. The number of thiazole rings is 1. The van der Waals surface area contributed by atoms with Crippen LogP contribution in [0.1, 0.15) is 57.6 Å². The van der Waals surface area contributed by atoms with Crippen molar-refractivity contribution < 1.29 is 14.3 Å². The van der Waals surface area contributed by atoms with Crippen LogP contribution in [0.15, 0.2) is 35.7 Å². The highest BCUT2D eigenvalue weighted by Crippen LogP contribution is 2.32. The standard InChI is InChI=1S/C26H29N5O3S3/c1-34-22-14-20(29-19-5-3-2-4-18(19)22)25(33)31-11-8-16(9-12-31)24-30-21(15-37-24)23(32)27-10-13-36-26(35)28-17-6-7-17/h2-5,14-17H,6-13H2,1H3,(H,27,32)(H,28,35). The second kappa shape index (κ2) is 11.7. The molecule has 1 saturated heterocycles. The molecule has 1 aliphatic carbocycles. The Balaban J connectivity index is 1.11. The van der Waals surface area contributed by atoms with Crippen LogP contribution in [0, 0.1) is 0 Å². The lowest BCUT2D eigenvalue weighted by atomic mass is 9.97. The Morgan fingerprint density at radius 2 is 1.95 bits per heavy atom. The zero-order valence-electron chi connectivity index (χ0n) is 20.6. The predicted molar refractivity (Wildman–Crippen MR) is 152 cm³/mol. The van der Waals surface area contributed by atoms with Crippen LogP contribution in [0.25, 0.3) is 10.9 Å². The first-order valence-corrected chi connectivity index (χ1v) is 14.7. The van der Waals surface area contributed by atoms with E-state index in [-0.39, 0.29) is 17.7 Å². The quantitative estimate of drug-likeness (QED) is 0.315. The van der Waals surface area contributed by atoms with Gasteiger partial charge in [0.2, 0.25) is 0 Å². The summed E-state index contributed by atoms with van der Waals surface area (Å²) >= 11 is 8.37. The fraction of sp³-hybridized carbons (Fsp3) is 0.423. The maximum Gasteiger partial charge on any atom is 0.272 e. The highest BCUT2D eigenvalue weighted by atomic mass is 32.2. The predicted octanol–water partition coefficient (Wildman–Crippen LogP) is 4.22. The largest absolute Gasteiger partial charge is 0.496 e. The number of carbonyl (C=O) groups excluding carboxylic acids is 2. The van der Waals surface area contributed by atoms with Crippen LogP contribution in [0.2, 0.25) is 0 Å². The Morgan fingerprint density at radius 3 is 2.70 bits per heavy atom. The average Bonchev–Trinajstić information content (AvgIpc) is 3.60. The molecule has 1 aliphatic heterocycles. The number of likely N-dealkylation sites (tertiary alicyclic amines) is 1. The van der Waals surface area contributed by atoms with Crippen molar-refractivity contribution >= 4 is 62.4 Å². The minimum atomic E-state index is -0.159. The number of aromatic nitrogens is 2. The molecule has 0 unspecified atom stereocenters. The van der Waals surface area contributed by atoms with E-state index < -0.39 is 0 Å². The van der Waals surface area contributed by atoms with E-state index in [1.165, 1.54) is 24.2 Å². The number of pyridine rings is 1. The Hall–Kier alpha value is -2.76. The van der Waals surface area contributed by atoms with Crippen molar-refractivity contribution in [3.63, 3.8) is 0 Å². The third-order valence-electron chi connectivity index (χ3n) is 6.52. The highest BCUT2D eigenvalue weighted by molar-refractivity contribution is 8.22. The summed E-state index contributed by atoms with van der Waals surface area (Å²) in [7, 11) is 1.60. The smallest absolute Gasteiger partial charge is 0.272 e. The molecule has 2 amide bonds. The number of carbonyl (C=O) groups is 2. The first-order chi connectivity index (χ1) is 18.0. The third-order valence-corrected chi connectivity index (χ3v) is 8.79. The monoisotopic (exact) mass is 555 g/mol. The molecule has 194 valence electrons. The zero-order valence-corrected chi connectivity index (χ0v) is 23.0. The lowest BCUT2D eigenvalue weighted by Gasteiger charge is -2.31. The van der Waals surface area contributed by atoms with E-state index in [1.807, 2.05) is 34.5 Å². The Bertz CT molecular complexity index is 1300. The number of nitrogens with one attached hydrogen (secondary N) is 2. The van der Waals surface area contributed by atoms with Gasteiger partial charge in [0.1, 0.15) is 21.5 Å². The molecule has 3 aromatic rings.